The summed E-state index contributed by atoms with van der Waals surface area (Å²) in [4.78, 5) is 25.6. The van der Waals surface area contributed by atoms with Crippen LogP contribution in [0.25, 0.3) is 0 Å². The molecule has 0 amide bonds. The molecule has 0 saturated heterocycles. The van der Waals surface area contributed by atoms with E-state index in [1.807, 2.05) is 66.7 Å². The number of allylic oxidation sites excluding steroid dienone is 1. The van der Waals surface area contributed by atoms with Crippen molar-refractivity contribution in [2.45, 2.75) is 39.4 Å². The summed E-state index contributed by atoms with van der Waals surface area (Å²) >= 11 is 0. The summed E-state index contributed by atoms with van der Waals surface area (Å²) in [7, 11) is 1.70. The van der Waals surface area contributed by atoms with Crippen molar-refractivity contribution in [2.75, 3.05) is 13.7 Å². The van der Waals surface area contributed by atoms with Crippen LogP contribution in [-0.4, -0.2) is 25.7 Å². The average Bonchev–Trinajstić information content (AvgIpc) is 3.29. The molecule has 174 valence electrons. The summed E-state index contributed by atoms with van der Waals surface area (Å²) in [6.07, 6.45) is 6.10. The second kappa shape index (κ2) is 12.8. The lowest BCUT2D eigenvalue weighted by molar-refractivity contribution is -0.141. The summed E-state index contributed by atoms with van der Waals surface area (Å²) in [6.45, 7) is 3.27. The van der Waals surface area contributed by atoms with Crippen LogP contribution in [0.5, 0.6) is 0 Å². The number of ether oxygens (including phenoxy) is 3. The average molecular weight is 449 g/mol. The Labute approximate surface area is 196 Å². The molecule has 1 aliphatic rings. The molecule has 2 atom stereocenters. The molecule has 2 aromatic rings. The molecule has 0 saturated carbocycles. The molecular weight excluding hydrogens is 416 g/mol. The van der Waals surface area contributed by atoms with Crippen LogP contribution in [-0.2, 0) is 37.0 Å². The van der Waals surface area contributed by atoms with Gasteiger partial charge in [0.2, 0.25) is 0 Å². The standard InChI is InChI=1S/C28H32O5/c1-21(15-16-31-2)13-14-24-17-25(27(29)32-19-22-9-5-3-6-10-22)18-26(24)28(30)33-20-23-11-7-4-8-12-23/h3-12,17-18,21,24H,13-16,19-20H2,1-2H3. The maximum absolute atomic E-state index is 12.9. The van der Waals surface area contributed by atoms with E-state index in [1.54, 1.807) is 13.2 Å². The highest BCUT2D eigenvalue weighted by molar-refractivity contribution is 5.99. The number of benzene rings is 2. The zero-order chi connectivity index (χ0) is 23.5. The molecule has 0 radical (unpaired) electrons. The van der Waals surface area contributed by atoms with E-state index in [0.29, 0.717) is 23.7 Å². The summed E-state index contributed by atoms with van der Waals surface area (Å²) < 4.78 is 16.2. The van der Waals surface area contributed by atoms with Gasteiger partial charge in [-0.2, -0.15) is 0 Å². The van der Waals surface area contributed by atoms with Crippen molar-refractivity contribution in [1.82, 2.24) is 0 Å². The predicted molar refractivity (Wildman–Crippen MR) is 127 cm³/mol. The number of hydrogen-bond acceptors (Lipinski definition) is 5. The number of carbonyl (C=O) groups excluding carboxylic acids is 2. The molecule has 0 heterocycles. The van der Waals surface area contributed by atoms with Crippen LogP contribution in [0.15, 0.2) is 84.0 Å². The van der Waals surface area contributed by atoms with Gasteiger partial charge in [0.1, 0.15) is 13.2 Å². The van der Waals surface area contributed by atoms with Crippen LogP contribution in [0, 0.1) is 11.8 Å². The Morgan fingerprint density at radius 1 is 0.848 bits per heavy atom. The third kappa shape index (κ3) is 7.72. The topological polar surface area (TPSA) is 61.8 Å². The largest absolute Gasteiger partial charge is 0.457 e. The molecule has 2 aromatic carbocycles. The van der Waals surface area contributed by atoms with Gasteiger partial charge in [-0.15, -0.1) is 0 Å². The van der Waals surface area contributed by atoms with Crippen LogP contribution in [0.2, 0.25) is 0 Å². The molecule has 0 spiro atoms. The Morgan fingerprint density at radius 3 is 2.00 bits per heavy atom. The molecule has 5 nitrogen and oxygen atoms in total. The molecule has 0 N–H and O–H groups in total. The van der Waals surface area contributed by atoms with Crippen LogP contribution < -0.4 is 0 Å². The Kier molecular flexibility index (Phi) is 9.45. The zero-order valence-corrected chi connectivity index (χ0v) is 19.4. The van der Waals surface area contributed by atoms with Gasteiger partial charge in [-0.25, -0.2) is 9.59 Å². The van der Waals surface area contributed by atoms with Crippen LogP contribution in [0.3, 0.4) is 0 Å². The number of rotatable bonds is 12. The molecule has 1 aliphatic carbocycles. The van der Waals surface area contributed by atoms with Gasteiger partial charge in [0.05, 0.1) is 5.57 Å². The minimum atomic E-state index is -0.429. The molecular formula is C28H32O5. The van der Waals surface area contributed by atoms with Gasteiger partial charge in [0, 0.05) is 25.2 Å². The van der Waals surface area contributed by atoms with E-state index in [4.69, 9.17) is 14.2 Å². The van der Waals surface area contributed by atoms with Gasteiger partial charge in [0.25, 0.3) is 0 Å². The SMILES string of the molecule is COCCC(C)CCC1C=C(C(=O)OCc2ccccc2)C=C1C(=O)OCc1ccccc1. The van der Waals surface area contributed by atoms with E-state index in [9.17, 15) is 9.59 Å². The third-order valence-corrected chi connectivity index (χ3v) is 5.77. The fourth-order valence-electron chi connectivity index (χ4n) is 3.75. The van der Waals surface area contributed by atoms with Gasteiger partial charge < -0.3 is 14.2 Å². The first-order valence-electron chi connectivity index (χ1n) is 11.4. The lowest BCUT2D eigenvalue weighted by Gasteiger charge is -2.16. The molecule has 0 fully saturated rings. The third-order valence-electron chi connectivity index (χ3n) is 5.77. The second-order valence-corrected chi connectivity index (χ2v) is 8.42. The molecule has 3 rings (SSSR count). The predicted octanol–water partition coefficient (Wildman–Crippen LogP) is 5.41. The monoisotopic (exact) mass is 448 g/mol. The Morgan fingerprint density at radius 2 is 1.42 bits per heavy atom. The fraction of sp³-hybridized carbons (Fsp3) is 0.357. The maximum Gasteiger partial charge on any atom is 0.338 e. The highest BCUT2D eigenvalue weighted by Gasteiger charge is 2.29. The second-order valence-electron chi connectivity index (χ2n) is 8.42. The van der Waals surface area contributed by atoms with Crippen molar-refractivity contribution in [1.29, 1.82) is 0 Å². The van der Waals surface area contributed by atoms with Crippen LogP contribution >= 0.6 is 0 Å². The molecule has 0 bridgehead atoms. The van der Waals surface area contributed by atoms with Gasteiger partial charge >= 0.3 is 11.9 Å². The summed E-state index contributed by atoms with van der Waals surface area (Å²) in [6, 6.07) is 19.1. The van der Waals surface area contributed by atoms with E-state index in [2.05, 4.69) is 6.92 Å². The van der Waals surface area contributed by atoms with E-state index in [1.165, 1.54) is 0 Å². The minimum absolute atomic E-state index is 0.169. The van der Waals surface area contributed by atoms with Crippen LogP contribution in [0.4, 0.5) is 0 Å². The van der Waals surface area contributed by atoms with E-state index < -0.39 is 11.9 Å². The van der Waals surface area contributed by atoms with Crippen molar-refractivity contribution < 1.29 is 23.8 Å². The number of hydrogen-bond donors (Lipinski definition) is 0. The van der Waals surface area contributed by atoms with Gasteiger partial charge in [-0.05, 0) is 42.4 Å². The Balaban J connectivity index is 1.65. The number of methoxy groups -OCH3 is 1. The maximum atomic E-state index is 12.9. The van der Waals surface area contributed by atoms with Gasteiger partial charge in [0.15, 0.2) is 0 Å². The number of esters is 2. The Hall–Kier alpha value is -3.18. The lowest BCUT2D eigenvalue weighted by atomic mass is 9.91. The first kappa shape index (κ1) is 24.5. The highest BCUT2D eigenvalue weighted by atomic mass is 16.5. The van der Waals surface area contributed by atoms with Gasteiger partial charge in [-0.1, -0.05) is 73.7 Å². The zero-order valence-electron chi connectivity index (χ0n) is 19.4. The van der Waals surface area contributed by atoms with E-state index in [0.717, 1.165) is 30.4 Å². The van der Waals surface area contributed by atoms with E-state index >= 15 is 0 Å². The number of carbonyl (C=O) groups is 2. The van der Waals surface area contributed by atoms with E-state index in [-0.39, 0.29) is 19.1 Å². The highest BCUT2D eigenvalue weighted by Crippen LogP contribution is 2.32. The molecule has 33 heavy (non-hydrogen) atoms. The van der Waals surface area contributed by atoms with Crippen molar-refractivity contribution in [2.24, 2.45) is 11.8 Å². The van der Waals surface area contributed by atoms with Crippen molar-refractivity contribution in [3.8, 4) is 0 Å². The first-order valence-corrected chi connectivity index (χ1v) is 11.4. The first-order chi connectivity index (χ1) is 16.1. The molecule has 0 aromatic heterocycles. The quantitative estimate of drug-likeness (QED) is 0.406. The summed E-state index contributed by atoms with van der Waals surface area (Å²) in [5, 5.41) is 0. The van der Waals surface area contributed by atoms with Crippen LogP contribution in [0.1, 0.15) is 37.3 Å². The smallest absolute Gasteiger partial charge is 0.338 e. The summed E-state index contributed by atoms with van der Waals surface area (Å²) in [5.41, 5.74) is 2.76. The van der Waals surface area contributed by atoms with Crippen molar-refractivity contribution in [3.63, 3.8) is 0 Å². The molecule has 2 unspecified atom stereocenters. The van der Waals surface area contributed by atoms with Crippen molar-refractivity contribution in [3.05, 3.63) is 95.1 Å². The lowest BCUT2D eigenvalue weighted by Crippen LogP contribution is -2.14. The fourth-order valence-corrected chi connectivity index (χ4v) is 3.75. The minimum Gasteiger partial charge on any atom is -0.457 e. The van der Waals surface area contributed by atoms with Crippen molar-refractivity contribution >= 4 is 11.9 Å². The Bertz CT molecular complexity index is 962. The molecule has 0 aliphatic heterocycles. The molecule has 5 heteroatoms. The summed E-state index contributed by atoms with van der Waals surface area (Å²) in [5.74, 6) is -0.538. The van der Waals surface area contributed by atoms with Gasteiger partial charge in [-0.3, -0.25) is 0 Å². The normalized spacial score (nSPS) is 16.0.